The number of aromatic amines is 1. The van der Waals surface area contributed by atoms with Gasteiger partial charge in [-0.1, -0.05) is 12.1 Å². The third kappa shape index (κ3) is 3.92. The van der Waals surface area contributed by atoms with Crippen molar-refractivity contribution in [1.29, 1.82) is 0 Å². The fraction of sp³-hybridized carbons (Fsp3) is 0.500. The Morgan fingerprint density at radius 3 is 2.45 bits per heavy atom. The molecule has 2 fully saturated rings. The molecule has 2 aromatic heterocycles. The zero-order chi connectivity index (χ0) is 19.8. The Kier molecular flexibility index (Phi) is 4.83. The number of aromatic nitrogens is 4. The molecule has 0 spiro atoms. The first-order valence-electron chi connectivity index (χ1n) is 10.6. The highest BCUT2D eigenvalue weighted by Crippen LogP contribution is 2.36. The average Bonchev–Trinajstić information content (AvgIpc) is 3.48. The zero-order valence-electron chi connectivity index (χ0n) is 17.3. The number of likely N-dealkylation sites (tertiary alicyclic amines) is 1. The van der Waals surface area contributed by atoms with Crippen molar-refractivity contribution in [3.8, 4) is 0 Å². The average molecular weight is 392 g/mol. The van der Waals surface area contributed by atoms with Crippen molar-refractivity contribution in [1.82, 2.24) is 24.8 Å². The van der Waals surface area contributed by atoms with E-state index in [1.807, 2.05) is 25.1 Å². The molecule has 1 saturated heterocycles. The van der Waals surface area contributed by atoms with E-state index in [-0.39, 0.29) is 0 Å². The molecule has 0 bridgehead atoms. The van der Waals surface area contributed by atoms with Crippen LogP contribution >= 0.6 is 0 Å². The largest absolute Gasteiger partial charge is 0.363 e. The van der Waals surface area contributed by atoms with E-state index in [1.54, 1.807) is 6.33 Å². The summed E-state index contributed by atoms with van der Waals surface area (Å²) in [5, 5.41) is 0. The molecule has 1 aliphatic carbocycles. The lowest BCUT2D eigenvalue weighted by atomic mass is 10.0. The van der Waals surface area contributed by atoms with Gasteiger partial charge < -0.3 is 14.8 Å². The predicted molar refractivity (Wildman–Crippen MR) is 116 cm³/mol. The number of benzene rings is 1. The summed E-state index contributed by atoms with van der Waals surface area (Å²) < 4.78 is 0. The summed E-state index contributed by atoms with van der Waals surface area (Å²) >= 11 is 0. The number of hydrogen-bond acceptors (Lipinski definition) is 6. The van der Waals surface area contributed by atoms with Crippen molar-refractivity contribution in [3.63, 3.8) is 0 Å². The van der Waals surface area contributed by atoms with Crippen LogP contribution in [0.2, 0.25) is 0 Å². The number of fused-ring (bicyclic) bond motifs is 1. The van der Waals surface area contributed by atoms with Gasteiger partial charge in [-0.25, -0.2) is 15.0 Å². The monoisotopic (exact) mass is 391 g/mol. The van der Waals surface area contributed by atoms with E-state index >= 15 is 0 Å². The highest BCUT2D eigenvalue weighted by Gasteiger charge is 2.36. The maximum atomic E-state index is 4.74. The maximum absolute atomic E-state index is 4.74. The molecule has 1 aromatic carbocycles. The van der Waals surface area contributed by atoms with E-state index in [9.17, 15) is 0 Å². The Hall–Kier alpha value is -2.67. The van der Waals surface area contributed by atoms with Crippen LogP contribution < -0.4 is 9.80 Å². The highest BCUT2D eigenvalue weighted by molar-refractivity contribution is 5.74. The van der Waals surface area contributed by atoms with E-state index < -0.39 is 0 Å². The molecule has 0 unspecified atom stereocenters. The van der Waals surface area contributed by atoms with Crippen molar-refractivity contribution in [2.75, 3.05) is 37.0 Å². The van der Waals surface area contributed by atoms with Gasteiger partial charge in [-0.3, -0.25) is 4.90 Å². The fourth-order valence-corrected chi connectivity index (χ4v) is 4.40. The van der Waals surface area contributed by atoms with Crippen LogP contribution in [0.1, 0.15) is 31.5 Å². The fourth-order valence-electron chi connectivity index (χ4n) is 4.40. The van der Waals surface area contributed by atoms with Gasteiger partial charge in [-0.05, 0) is 37.8 Å². The number of nitrogens with zero attached hydrogens (tertiary/aromatic N) is 6. The lowest BCUT2D eigenvalue weighted by Crippen LogP contribution is -2.46. The standard InChI is InChI=1S/C22H29N7/c1-27(2)21-13-22(24-15-23-21)29(16-7-8-16)17-9-11-28(12-10-17)14-20-25-18-5-3-4-6-19(18)26-20/h3-6,13,15-17H,7-12,14H2,1-2H3,(H,25,26). The minimum Gasteiger partial charge on any atom is -0.363 e. The zero-order valence-corrected chi connectivity index (χ0v) is 17.3. The quantitative estimate of drug-likeness (QED) is 0.697. The molecule has 2 aliphatic rings. The Morgan fingerprint density at radius 1 is 1.00 bits per heavy atom. The number of anilines is 2. The molecule has 1 saturated carbocycles. The predicted octanol–water partition coefficient (Wildman–Crippen LogP) is 3.05. The van der Waals surface area contributed by atoms with Gasteiger partial charge in [0.1, 0.15) is 23.8 Å². The molecule has 0 amide bonds. The van der Waals surface area contributed by atoms with Crippen molar-refractivity contribution >= 4 is 22.7 Å². The van der Waals surface area contributed by atoms with Gasteiger partial charge in [-0.2, -0.15) is 0 Å². The molecular formula is C22H29N7. The van der Waals surface area contributed by atoms with Crippen molar-refractivity contribution in [3.05, 3.63) is 42.5 Å². The lowest BCUT2D eigenvalue weighted by Gasteiger charge is -2.39. The molecule has 7 heteroatoms. The number of para-hydroxylation sites is 2. The summed E-state index contributed by atoms with van der Waals surface area (Å²) in [5.74, 6) is 3.13. The van der Waals surface area contributed by atoms with Crippen LogP contribution in [-0.4, -0.2) is 64.1 Å². The molecule has 3 heterocycles. The van der Waals surface area contributed by atoms with E-state index in [1.165, 1.54) is 12.8 Å². The third-order valence-corrected chi connectivity index (χ3v) is 6.06. The topological polar surface area (TPSA) is 64.2 Å². The van der Waals surface area contributed by atoms with Gasteiger partial charge >= 0.3 is 0 Å². The highest BCUT2D eigenvalue weighted by atomic mass is 15.3. The van der Waals surface area contributed by atoms with Crippen LogP contribution in [0, 0.1) is 0 Å². The van der Waals surface area contributed by atoms with Crippen LogP contribution in [0.25, 0.3) is 11.0 Å². The van der Waals surface area contributed by atoms with Crippen LogP contribution in [0.4, 0.5) is 11.6 Å². The summed E-state index contributed by atoms with van der Waals surface area (Å²) in [6.45, 7) is 3.08. The van der Waals surface area contributed by atoms with Crippen molar-refractivity contribution in [2.45, 2.75) is 44.3 Å². The summed E-state index contributed by atoms with van der Waals surface area (Å²) in [6, 6.07) is 11.6. The summed E-state index contributed by atoms with van der Waals surface area (Å²) in [7, 11) is 4.06. The van der Waals surface area contributed by atoms with Gasteiger partial charge in [0.2, 0.25) is 0 Å². The van der Waals surface area contributed by atoms with E-state index in [4.69, 9.17) is 4.98 Å². The van der Waals surface area contributed by atoms with E-state index in [0.29, 0.717) is 12.1 Å². The maximum Gasteiger partial charge on any atom is 0.134 e. The molecule has 152 valence electrons. The third-order valence-electron chi connectivity index (χ3n) is 6.06. The Balaban J connectivity index is 1.25. The van der Waals surface area contributed by atoms with Gasteiger partial charge in [0.05, 0.1) is 17.6 Å². The summed E-state index contributed by atoms with van der Waals surface area (Å²) in [4.78, 5) is 24.4. The van der Waals surface area contributed by atoms with Crippen LogP contribution in [0.15, 0.2) is 36.7 Å². The molecule has 1 N–H and O–H groups in total. The molecule has 1 aliphatic heterocycles. The summed E-state index contributed by atoms with van der Waals surface area (Å²) in [6.07, 6.45) is 6.59. The van der Waals surface area contributed by atoms with Crippen molar-refractivity contribution in [2.24, 2.45) is 0 Å². The Morgan fingerprint density at radius 2 is 1.72 bits per heavy atom. The second-order valence-corrected chi connectivity index (χ2v) is 8.48. The number of nitrogens with one attached hydrogen (secondary N) is 1. The van der Waals surface area contributed by atoms with Crippen LogP contribution in [0.5, 0.6) is 0 Å². The molecule has 7 nitrogen and oxygen atoms in total. The minimum absolute atomic E-state index is 0.555. The Labute approximate surface area is 171 Å². The molecule has 0 radical (unpaired) electrons. The van der Waals surface area contributed by atoms with Gasteiger partial charge in [0.25, 0.3) is 0 Å². The molecule has 3 aromatic rings. The number of piperidine rings is 1. The summed E-state index contributed by atoms with van der Waals surface area (Å²) in [5.41, 5.74) is 2.18. The van der Waals surface area contributed by atoms with Gasteiger partial charge in [0, 0.05) is 45.3 Å². The van der Waals surface area contributed by atoms with E-state index in [0.717, 1.165) is 61.0 Å². The molecule has 5 rings (SSSR count). The van der Waals surface area contributed by atoms with Gasteiger partial charge in [-0.15, -0.1) is 0 Å². The SMILES string of the molecule is CN(C)c1cc(N(C2CC2)C2CCN(Cc3nc4ccccc4[nH]3)CC2)ncn1. The number of rotatable bonds is 6. The smallest absolute Gasteiger partial charge is 0.134 e. The molecule has 29 heavy (non-hydrogen) atoms. The number of hydrogen-bond donors (Lipinski definition) is 1. The first-order chi connectivity index (χ1) is 14.2. The van der Waals surface area contributed by atoms with Crippen LogP contribution in [0.3, 0.4) is 0 Å². The minimum atomic E-state index is 0.555. The second kappa shape index (κ2) is 7.63. The normalized spacial score (nSPS) is 18.3. The molecular weight excluding hydrogens is 362 g/mol. The second-order valence-electron chi connectivity index (χ2n) is 8.48. The van der Waals surface area contributed by atoms with Crippen LogP contribution in [-0.2, 0) is 6.54 Å². The first kappa shape index (κ1) is 18.4. The number of H-pyrrole nitrogens is 1. The van der Waals surface area contributed by atoms with Crippen molar-refractivity contribution < 1.29 is 0 Å². The number of imidazole rings is 1. The van der Waals surface area contributed by atoms with E-state index in [2.05, 4.69) is 49.0 Å². The Bertz CT molecular complexity index is 937. The first-order valence-corrected chi connectivity index (χ1v) is 10.6. The molecule has 0 atom stereocenters. The lowest BCUT2D eigenvalue weighted by molar-refractivity contribution is 0.197. The van der Waals surface area contributed by atoms with Gasteiger partial charge in [0.15, 0.2) is 0 Å².